The second-order valence-corrected chi connectivity index (χ2v) is 5.42. The van der Waals surface area contributed by atoms with E-state index in [0.717, 1.165) is 6.42 Å². The molecule has 0 aromatic heterocycles. The van der Waals surface area contributed by atoms with Crippen molar-refractivity contribution in [3.8, 4) is 0 Å². The van der Waals surface area contributed by atoms with Gasteiger partial charge in [-0.05, 0) is 34.1 Å². The molecule has 19 heavy (non-hydrogen) atoms. The second kappa shape index (κ2) is 11.6. The fourth-order valence-electron chi connectivity index (χ4n) is 1.57. The molecule has 0 fully saturated rings. The van der Waals surface area contributed by atoms with Crippen molar-refractivity contribution in [2.45, 2.75) is 78.3 Å². The van der Waals surface area contributed by atoms with Gasteiger partial charge in [-0.2, -0.15) is 0 Å². The van der Waals surface area contributed by atoms with E-state index >= 15 is 0 Å². The van der Waals surface area contributed by atoms with Gasteiger partial charge in [-0.25, -0.2) is 0 Å². The molecule has 0 aromatic rings. The lowest BCUT2D eigenvalue weighted by Gasteiger charge is -2.20. The fraction of sp³-hybridized carbons (Fsp3) is 1.00. The highest BCUT2D eigenvalue weighted by atomic mass is 16.6. The Kier molecular flexibility index (Phi) is 11.6. The Hall–Kier alpha value is -0.160. The van der Waals surface area contributed by atoms with Crippen molar-refractivity contribution in [3.63, 3.8) is 0 Å². The normalized spacial score (nSPS) is 18.0. The molecule has 0 heterocycles. The Morgan fingerprint density at radius 2 is 1.26 bits per heavy atom. The minimum atomic E-state index is -0.428. The predicted octanol–water partition coefficient (Wildman–Crippen LogP) is 2.77. The van der Waals surface area contributed by atoms with E-state index in [4.69, 9.17) is 19.3 Å². The standard InChI is InChI=1S/C15H32O4/c1-6-7-8-13(3)18-10-15(5)19-11-14(4)17-9-12(2)16/h12-16H,6-11H2,1-5H3. The summed E-state index contributed by atoms with van der Waals surface area (Å²) < 4.78 is 16.8. The zero-order chi connectivity index (χ0) is 14.7. The van der Waals surface area contributed by atoms with Crippen molar-refractivity contribution >= 4 is 0 Å². The van der Waals surface area contributed by atoms with Gasteiger partial charge in [0.25, 0.3) is 0 Å². The van der Waals surface area contributed by atoms with Gasteiger partial charge in [-0.1, -0.05) is 19.8 Å². The van der Waals surface area contributed by atoms with Crippen molar-refractivity contribution < 1.29 is 19.3 Å². The monoisotopic (exact) mass is 276 g/mol. The summed E-state index contributed by atoms with van der Waals surface area (Å²) in [5.41, 5.74) is 0. The molecule has 0 saturated heterocycles. The maximum Gasteiger partial charge on any atom is 0.0781 e. The van der Waals surface area contributed by atoms with Crippen LogP contribution in [0.15, 0.2) is 0 Å². The van der Waals surface area contributed by atoms with Crippen molar-refractivity contribution in [2.24, 2.45) is 0 Å². The molecule has 0 rings (SSSR count). The highest BCUT2D eigenvalue weighted by molar-refractivity contribution is 4.56. The Balaban J connectivity index is 3.54. The number of rotatable bonds is 12. The molecule has 0 aliphatic rings. The first kappa shape index (κ1) is 18.8. The Bertz CT molecular complexity index is 197. The maximum absolute atomic E-state index is 9.11. The lowest BCUT2D eigenvalue weighted by molar-refractivity contribution is -0.0786. The van der Waals surface area contributed by atoms with Crippen LogP contribution in [0.25, 0.3) is 0 Å². The molecule has 0 amide bonds. The molecule has 116 valence electrons. The molecule has 0 aromatic carbocycles. The van der Waals surface area contributed by atoms with Crippen LogP contribution < -0.4 is 0 Å². The van der Waals surface area contributed by atoms with E-state index < -0.39 is 6.10 Å². The van der Waals surface area contributed by atoms with E-state index in [1.807, 2.05) is 13.8 Å². The first-order valence-electron chi connectivity index (χ1n) is 7.48. The zero-order valence-electron chi connectivity index (χ0n) is 13.2. The molecule has 4 atom stereocenters. The van der Waals surface area contributed by atoms with E-state index in [0.29, 0.717) is 25.9 Å². The fourth-order valence-corrected chi connectivity index (χ4v) is 1.57. The van der Waals surface area contributed by atoms with Crippen LogP contribution in [-0.2, 0) is 14.2 Å². The summed E-state index contributed by atoms with van der Waals surface area (Å²) in [5, 5.41) is 9.11. The van der Waals surface area contributed by atoms with Crippen LogP contribution in [0.4, 0.5) is 0 Å². The van der Waals surface area contributed by atoms with E-state index in [9.17, 15) is 0 Å². The minimum Gasteiger partial charge on any atom is -0.391 e. The Morgan fingerprint density at radius 3 is 1.74 bits per heavy atom. The van der Waals surface area contributed by atoms with E-state index in [2.05, 4.69) is 13.8 Å². The number of aliphatic hydroxyl groups is 1. The molecule has 0 aliphatic heterocycles. The molecule has 4 heteroatoms. The van der Waals surface area contributed by atoms with Crippen LogP contribution in [0.5, 0.6) is 0 Å². The average Bonchev–Trinajstić information content (AvgIpc) is 2.37. The molecule has 4 unspecified atom stereocenters. The second-order valence-electron chi connectivity index (χ2n) is 5.42. The highest BCUT2D eigenvalue weighted by Gasteiger charge is 2.10. The molecule has 0 bridgehead atoms. The van der Waals surface area contributed by atoms with E-state index in [1.165, 1.54) is 12.8 Å². The largest absolute Gasteiger partial charge is 0.391 e. The first-order chi connectivity index (χ1) is 8.95. The number of aliphatic hydroxyl groups excluding tert-OH is 1. The topological polar surface area (TPSA) is 47.9 Å². The molecular weight excluding hydrogens is 244 g/mol. The van der Waals surface area contributed by atoms with Crippen molar-refractivity contribution in [3.05, 3.63) is 0 Å². The summed E-state index contributed by atoms with van der Waals surface area (Å²) >= 11 is 0. The summed E-state index contributed by atoms with van der Waals surface area (Å²) in [6, 6.07) is 0. The number of unbranched alkanes of at least 4 members (excludes halogenated alkanes) is 1. The van der Waals surface area contributed by atoms with E-state index in [1.54, 1.807) is 6.92 Å². The number of ether oxygens (including phenoxy) is 3. The number of hydrogen-bond acceptors (Lipinski definition) is 4. The summed E-state index contributed by atoms with van der Waals surface area (Å²) in [6.07, 6.45) is 3.46. The van der Waals surface area contributed by atoms with Crippen LogP contribution in [-0.4, -0.2) is 49.3 Å². The van der Waals surface area contributed by atoms with Gasteiger partial charge in [0.1, 0.15) is 0 Å². The van der Waals surface area contributed by atoms with Crippen LogP contribution in [0.1, 0.15) is 53.9 Å². The highest BCUT2D eigenvalue weighted by Crippen LogP contribution is 2.06. The lowest BCUT2D eigenvalue weighted by Crippen LogP contribution is -2.26. The SMILES string of the molecule is CCCCC(C)OCC(C)OCC(C)OCC(C)O. The van der Waals surface area contributed by atoms with Crippen molar-refractivity contribution in [2.75, 3.05) is 19.8 Å². The minimum absolute atomic E-state index is 0.00503. The maximum atomic E-state index is 9.11. The number of hydrogen-bond donors (Lipinski definition) is 1. The third-order valence-electron chi connectivity index (χ3n) is 2.82. The molecule has 4 nitrogen and oxygen atoms in total. The third-order valence-corrected chi connectivity index (χ3v) is 2.82. The molecule has 0 saturated carbocycles. The average molecular weight is 276 g/mol. The lowest BCUT2D eigenvalue weighted by atomic mass is 10.2. The smallest absolute Gasteiger partial charge is 0.0781 e. The Morgan fingerprint density at radius 1 is 0.789 bits per heavy atom. The zero-order valence-corrected chi connectivity index (χ0v) is 13.2. The molecule has 1 N–H and O–H groups in total. The summed E-state index contributed by atoms with van der Waals surface area (Å²) in [4.78, 5) is 0. The van der Waals surface area contributed by atoms with Crippen LogP contribution in [0, 0.1) is 0 Å². The molecular formula is C15H32O4. The summed E-state index contributed by atoms with van der Waals surface area (Å²) in [7, 11) is 0. The van der Waals surface area contributed by atoms with Crippen molar-refractivity contribution in [1.29, 1.82) is 0 Å². The van der Waals surface area contributed by atoms with Gasteiger partial charge in [-0.15, -0.1) is 0 Å². The quantitative estimate of drug-likeness (QED) is 0.595. The first-order valence-corrected chi connectivity index (χ1v) is 7.48. The van der Waals surface area contributed by atoms with E-state index in [-0.39, 0.29) is 12.2 Å². The van der Waals surface area contributed by atoms with Gasteiger partial charge in [0.2, 0.25) is 0 Å². The van der Waals surface area contributed by atoms with Crippen LogP contribution in [0.2, 0.25) is 0 Å². The van der Waals surface area contributed by atoms with Crippen LogP contribution in [0.3, 0.4) is 0 Å². The van der Waals surface area contributed by atoms with Gasteiger partial charge in [0.15, 0.2) is 0 Å². The van der Waals surface area contributed by atoms with Crippen molar-refractivity contribution in [1.82, 2.24) is 0 Å². The summed E-state index contributed by atoms with van der Waals surface area (Å²) in [6.45, 7) is 11.5. The summed E-state index contributed by atoms with van der Waals surface area (Å²) in [5.74, 6) is 0. The van der Waals surface area contributed by atoms with Gasteiger partial charge in [0, 0.05) is 0 Å². The molecule has 0 aliphatic carbocycles. The third kappa shape index (κ3) is 12.6. The molecule has 0 radical (unpaired) electrons. The predicted molar refractivity (Wildman–Crippen MR) is 77.4 cm³/mol. The van der Waals surface area contributed by atoms with Gasteiger partial charge in [-0.3, -0.25) is 0 Å². The molecule has 0 spiro atoms. The van der Waals surface area contributed by atoms with Gasteiger partial charge < -0.3 is 19.3 Å². The Labute approximate surface area is 118 Å². The van der Waals surface area contributed by atoms with Gasteiger partial charge >= 0.3 is 0 Å². The van der Waals surface area contributed by atoms with Crippen LogP contribution >= 0.6 is 0 Å². The van der Waals surface area contributed by atoms with Gasteiger partial charge in [0.05, 0.1) is 44.2 Å².